The number of nitrogens with one attached hydrogen (secondary N) is 1. The zero-order valence-corrected chi connectivity index (χ0v) is 11.8. The molecule has 0 heterocycles. The maximum Gasteiger partial charge on any atom is 0.125 e. The van der Waals surface area contributed by atoms with Crippen LogP contribution in [0.3, 0.4) is 0 Å². The van der Waals surface area contributed by atoms with Gasteiger partial charge in [0, 0.05) is 16.9 Å². The second kappa shape index (κ2) is 5.55. The van der Waals surface area contributed by atoms with Crippen molar-refractivity contribution < 1.29 is 4.39 Å². The van der Waals surface area contributed by atoms with Gasteiger partial charge in [-0.05, 0) is 42.8 Å². The van der Waals surface area contributed by atoms with Gasteiger partial charge in [0.2, 0.25) is 0 Å². The molecule has 0 amide bonds. The summed E-state index contributed by atoms with van der Waals surface area (Å²) in [6.45, 7) is 1.90. The molecule has 0 radical (unpaired) electrons. The first-order chi connectivity index (χ1) is 8.97. The Morgan fingerprint density at radius 1 is 1.26 bits per heavy atom. The second-order valence-corrected chi connectivity index (χ2v) is 4.99. The van der Waals surface area contributed by atoms with Crippen LogP contribution in [0.2, 0.25) is 5.02 Å². The van der Waals surface area contributed by atoms with E-state index in [4.69, 9.17) is 29.6 Å². The summed E-state index contributed by atoms with van der Waals surface area (Å²) in [5, 5.41) is 3.58. The molecule has 3 N–H and O–H groups in total. The van der Waals surface area contributed by atoms with Crippen molar-refractivity contribution in [2.75, 3.05) is 5.32 Å². The Labute approximate surface area is 121 Å². The maximum absolute atomic E-state index is 13.2. The number of hydrogen-bond acceptors (Lipinski definition) is 2. The summed E-state index contributed by atoms with van der Waals surface area (Å²) in [4.78, 5) is 0.249. The molecule has 5 heteroatoms. The van der Waals surface area contributed by atoms with Gasteiger partial charge in [-0.15, -0.1) is 0 Å². The van der Waals surface area contributed by atoms with Crippen LogP contribution in [0, 0.1) is 12.7 Å². The van der Waals surface area contributed by atoms with Gasteiger partial charge >= 0.3 is 0 Å². The monoisotopic (exact) mass is 294 g/mol. The molecule has 19 heavy (non-hydrogen) atoms. The van der Waals surface area contributed by atoms with Gasteiger partial charge in [-0.25, -0.2) is 4.39 Å². The summed E-state index contributed by atoms with van der Waals surface area (Å²) in [6.07, 6.45) is 0. The number of anilines is 2. The molecular formula is C14H12ClFN2S. The fourth-order valence-electron chi connectivity index (χ4n) is 1.68. The van der Waals surface area contributed by atoms with Gasteiger partial charge in [0.25, 0.3) is 0 Å². The molecule has 2 aromatic carbocycles. The van der Waals surface area contributed by atoms with E-state index in [1.165, 1.54) is 12.1 Å². The van der Waals surface area contributed by atoms with Crippen LogP contribution < -0.4 is 11.1 Å². The predicted molar refractivity (Wildman–Crippen MR) is 81.8 cm³/mol. The third-order valence-electron chi connectivity index (χ3n) is 2.71. The van der Waals surface area contributed by atoms with Gasteiger partial charge in [0.15, 0.2) is 0 Å². The molecule has 0 aliphatic carbocycles. The molecule has 0 aromatic heterocycles. The maximum atomic E-state index is 13.2. The van der Waals surface area contributed by atoms with Gasteiger partial charge in [-0.3, -0.25) is 0 Å². The lowest BCUT2D eigenvalue weighted by Gasteiger charge is -2.11. The third-order valence-corrected chi connectivity index (χ3v) is 3.25. The zero-order chi connectivity index (χ0) is 14.0. The molecule has 2 aromatic rings. The summed E-state index contributed by atoms with van der Waals surface area (Å²) in [5.41, 5.74) is 8.54. The Morgan fingerprint density at radius 3 is 2.63 bits per heavy atom. The van der Waals surface area contributed by atoms with Crippen LogP contribution in [-0.2, 0) is 0 Å². The lowest BCUT2D eigenvalue weighted by atomic mass is 10.1. The van der Waals surface area contributed by atoms with E-state index in [2.05, 4.69) is 5.32 Å². The van der Waals surface area contributed by atoms with Crippen molar-refractivity contribution in [2.24, 2.45) is 5.73 Å². The van der Waals surface area contributed by atoms with E-state index >= 15 is 0 Å². The summed E-state index contributed by atoms with van der Waals surface area (Å²) in [5.74, 6) is -0.293. The highest BCUT2D eigenvalue weighted by atomic mass is 35.5. The fraction of sp³-hybridized carbons (Fsp3) is 0.0714. The van der Waals surface area contributed by atoms with Gasteiger partial charge in [0.05, 0.1) is 5.02 Å². The summed E-state index contributed by atoms with van der Waals surface area (Å²) in [7, 11) is 0. The summed E-state index contributed by atoms with van der Waals surface area (Å²) >= 11 is 11.0. The summed E-state index contributed by atoms with van der Waals surface area (Å²) < 4.78 is 13.2. The van der Waals surface area contributed by atoms with Crippen LogP contribution in [0.4, 0.5) is 15.8 Å². The Balaban J connectivity index is 2.31. The SMILES string of the molecule is Cc1ccc(F)cc1Nc1ccc(C(N)=S)c(Cl)c1. The second-order valence-electron chi connectivity index (χ2n) is 4.14. The largest absolute Gasteiger partial charge is 0.389 e. The zero-order valence-electron chi connectivity index (χ0n) is 10.2. The number of benzene rings is 2. The van der Waals surface area contributed by atoms with Crippen molar-refractivity contribution in [3.63, 3.8) is 0 Å². The van der Waals surface area contributed by atoms with Crippen molar-refractivity contribution in [3.8, 4) is 0 Å². The minimum atomic E-state index is -0.293. The molecule has 0 aliphatic heterocycles. The average molecular weight is 295 g/mol. The van der Waals surface area contributed by atoms with E-state index in [-0.39, 0.29) is 10.8 Å². The Hall–Kier alpha value is -1.65. The number of nitrogens with two attached hydrogens (primary N) is 1. The van der Waals surface area contributed by atoms with Crippen LogP contribution in [0.15, 0.2) is 36.4 Å². The van der Waals surface area contributed by atoms with Gasteiger partial charge < -0.3 is 11.1 Å². The molecule has 0 fully saturated rings. The standard InChI is InChI=1S/C14H12ClFN2S/c1-8-2-3-9(16)6-13(8)18-10-4-5-11(14(17)19)12(15)7-10/h2-7,18H,1H3,(H2,17,19). The Morgan fingerprint density at radius 2 is 2.00 bits per heavy atom. The van der Waals surface area contributed by atoms with Crippen LogP contribution >= 0.6 is 23.8 Å². The van der Waals surface area contributed by atoms with Crippen molar-refractivity contribution in [2.45, 2.75) is 6.92 Å². The average Bonchev–Trinajstić information content (AvgIpc) is 2.33. The highest BCUT2D eigenvalue weighted by Crippen LogP contribution is 2.25. The van der Waals surface area contributed by atoms with Gasteiger partial charge in [-0.1, -0.05) is 29.9 Å². The Kier molecular flexibility index (Phi) is 4.02. The highest BCUT2D eigenvalue weighted by Gasteiger charge is 2.06. The fourth-order valence-corrected chi connectivity index (χ4v) is 2.19. The van der Waals surface area contributed by atoms with Crippen LogP contribution in [0.1, 0.15) is 11.1 Å². The molecule has 0 saturated carbocycles. The topological polar surface area (TPSA) is 38.0 Å². The molecule has 0 unspecified atom stereocenters. The number of halogens is 2. The first-order valence-corrected chi connectivity index (χ1v) is 6.38. The van der Waals surface area contributed by atoms with Crippen LogP contribution in [-0.4, -0.2) is 4.99 Å². The number of hydrogen-bond donors (Lipinski definition) is 2. The van der Waals surface area contributed by atoms with E-state index in [1.807, 2.05) is 6.92 Å². The molecular weight excluding hydrogens is 283 g/mol. The van der Waals surface area contributed by atoms with Crippen molar-refractivity contribution >= 4 is 40.2 Å². The molecule has 0 bridgehead atoms. The third kappa shape index (κ3) is 3.22. The number of aryl methyl sites for hydroxylation is 1. The van der Waals surface area contributed by atoms with E-state index in [0.29, 0.717) is 16.3 Å². The lowest BCUT2D eigenvalue weighted by Crippen LogP contribution is -2.10. The first kappa shape index (κ1) is 13.8. The van der Waals surface area contributed by atoms with Gasteiger partial charge in [-0.2, -0.15) is 0 Å². The van der Waals surface area contributed by atoms with E-state index in [1.54, 1.807) is 24.3 Å². The molecule has 0 spiro atoms. The van der Waals surface area contributed by atoms with Gasteiger partial charge in [0.1, 0.15) is 10.8 Å². The van der Waals surface area contributed by atoms with E-state index in [9.17, 15) is 4.39 Å². The minimum absolute atomic E-state index is 0.249. The number of rotatable bonds is 3. The molecule has 0 atom stereocenters. The quantitative estimate of drug-likeness (QED) is 0.835. The predicted octanol–water partition coefficient (Wildman–Crippen LogP) is 4.17. The minimum Gasteiger partial charge on any atom is -0.389 e. The lowest BCUT2D eigenvalue weighted by molar-refractivity contribution is 0.628. The molecule has 2 rings (SSSR count). The molecule has 0 aliphatic rings. The highest BCUT2D eigenvalue weighted by molar-refractivity contribution is 7.80. The van der Waals surface area contributed by atoms with Crippen molar-refractivity contribution in [1.29, 1.82) is 0 Å². The summed E-state index contributed by atoms with van der Waals surface area (Å²) in [6, 6.07) is 9.81. The first-order valence-electron chi connectivity index (χ1n) is 5.60. The van der Waals surface area contributed by atoms with E-state index < -0.39 is 0 Å². The molecule has 0 saturated heterocycles. The van der Waals surface area contributed by atoms with Crippen LogP contribution in [0.5, 0.6) is 0 Å². The van der Waals surface area contributed by atoms with Crippen molar-refractivity contribution in [1.82, 2.24) is 0 Å². The number of thiocarbonyl (C=S) groups is 1. The van der Waals surface area contributed by atoms with Crippen LogP contribution in [0.25, 0.3) is 0 Å². The smallest absolute Gasteiger partial charge is 0.125 e. The Bertz CT molecular complexity index is 643. The van der Waals surface area contributed by atoms with E-state index in [0.717, 1.165) is 11.3 Å². The molecule has 98 valence electrons. The van der Waals surface area contributed by atoms with Crippen molar-refractivity contribution in [3.05, 3.63) is 58.4 Å². The molecule has 2 nitrogen and oxygen atoms in total. The normalized spacial score (nSPS) is 10.3.